The van der Waals surface area contributed by atoms with Gasteiger partial charge in [-0.15, -0.1) is 0 Å². The maximum Gasteiger partial charge on any atom is 0.387 e. The quantitative estimate of drug-likeness (QED) is 0.689. The number of aliphatic hydroxyl groups is 2. The molecule has 0 aliphatic heterocycles. The SMILES string of the molecule is OC(CCS)C(O)c1ccccc1OC(F)F. The Labute approximate surface area is 103 Å². The van der Waals surface area contributed by atoms with Crippen LogP contribution < -0.4 is 4.74 Å². The first-order valence-electron chi connectivity index (χ1n) is 5.07. The van der Waals surface area contributed by atoms with Crippen molar-refractivity contribution in [1.29, 1.82) is 0 Å². The van der Waals surface area contributed by atoms with Crippen LogP contribution in [0.5, 0.6) is 5.75 Å². The van der Waals surface area contributed by atoms with Crippen LogP contribution in [0, 0.1) is 0 Å². The van der Waals surface area contributed by atoms with Crippen molar-refractivity contribution in [2.45, 2.75) is 25.2 Å². The van der Waals surface area contributed by atoms with E-state index in [4.69, 9.17) is 0 Å². The first kappa shape index (κ1) is 14.2. The molecule has 0 aliphatic carbocycles. The fraction of sp³-hybridized carbons (Fsp3) is 0.455. The number of ether oxygens (including phenoxy) is 1. The number of benzene rings is 1. The van der Waals surface area contributed by atoms with E-state index in [1.807, 2.05) is 0 Å². The maximum absolute atomic E-state index is 12.1. The van der Waals surface area contributed by atoms with Crippen molar-refractivity contribution >= 4 is 12.6 Å². The van der Waals surface area contributed by atoms with Gasteiger partial charge >= 0.3 is 6.61 Å². The predicted molar refractivity (Wildman–Crippen MR) is 62.5 cm³/mol. The van der Waals surface area contributed by atoms with Gasteiger partial charge in [0, 0.05) is 5.56 Å². The summed E-state index contributed by atoms with van der Waals surface area (Å²) in [7, 11) is 0. The minimum atomic E-state index is -2.97. The van der Waals surface area contributed by atoms with Gasteiger partial charge in [-0.05, 0) is 18.2 Å². The van der Waals surface area contributed by atoms with Crippen molar-refractivity contribution in [3.63, 3.8) is 0 Å². The second kappa shape index (κ2) is 6.78. The number of rotatable bonds is 6. The van der Waals surface area contributed by atoms with Gasteiger partial charge in [-0.25, -0.2) is 0 Å². The standard InChI is InChI=1S/C11H14F2O3S/c12-11(13)16-9-4-2-1-3-7(9)10(15)8(14)5-6-17/h1-4,8,10-11,14-15,17H,5-6H2. The number of hydrogen-bond donors (Lipinski definition) is 3. The molecule has 1 rings (SSSR count). The summed E-state index contributed by atoms with van der Waals surface area (Å²) >= 11 is 3.93. The largest absolute Gasteiger partial charge is 0.434 e. The highest BCUT2D eigenvalue weighted by molar-refractivity contribution is 7.80. The van der Waals surface area contributed by atoms with E-state index < -0.39 is 18.8 Å². The van der Waals surface area contributed by atoms with Crippen LogP contribution in [0.1, 0.15) is 18.1 Å². The van der Waals surface area contributed by atoms with Gasteiger partial charge in [-0.3, -0.25) is 0 Å². The Kier molecular flexibility index (Phi) is 5.67. The second-order valence-electron chi connectivity index (χ2n) is 3.44. The molecule has 0 fully saturated rings. The molecule has 0 bridgehead atoms. The van der Waals surface area contributed by atoms with Gasteiger partial charge in [0.25, 0.3) is 0 Å². The van der Waals surface area contributed by atoms with Crippen molar-refractivity contribution in [3.05, 3.63) is 29.8 Å². The van der Waals surface area contributed by atoms with Crippen LogP contribution in [0.15, 0.2) is 24.3 Å². The summed E-state index contributed by atoms with van der Waals surface area (Å²) < 4.78 is 28.5. The van der Waals surface area contributed by atoms with E-state index in [0.29, 0.717) is 5.75 Å². The molecule has 0 spiro atoms. The summed E-state index contributed by atoms with van der Waals surface area (Å²) in [6, 6.07) is 5.84. The first-order valence-corrected chi connectivity index (χ1v) is 5.70. The topological polar surface area (TPSA) is 49.7 Å². The molecule has 0 saturated heterocycles. The van der Waals surface area contributed by atoms with Crippen LogP contribution in [0.25, 0.3) is 0 Å². The van der Waals surface area contributed by atoms with Crippen LogP contribution in [0.2, 0.25) is 0 Å². The lowest BCUT2D eigenvalue weighted by molar-refractivity contribution is -0.0539. The van der Waals surface area contributed by atoms with Crippen LogP contribution in [-0.4, -0.2) is 28.7 Å². The number of aliphatic hydroxyl groups excluding tert-OH is 2. The van der Waals surface area contributed by atoms with Crippen molar-refractivity contribution in [1.82, 2.24) is 0 Å². The smallest absolute Gasteiger partial charge is 0.387 e. The minimum absolute atomic E-state index is 0.131. The van der Waals surface area contributed by atoms with Crippen LogP contribution >= 0.6 is 12.6 Å². The van der Waals surface area contributed by atoms with E-state index >= 15 is 0 Å². The summed E-state index contributed by atoms with van der Waals surface area (Å²) in [6.45, 7) is -2.97. The van der Waals surface area contributed by atoms with Gasteiger partial charge in [-0.2, -0.15) is 21.4 Å². The van der Waals surface area contributed by atoms with Crippen LogP contribution in [-0.2, 0) is 0 Å². The molecule has 6 heteroatoms. The lowest BCUT2D eigenvalue weighted by atomic mass is 10.0. The monoisotopic (exact) mass is 264 g/mol. The molecule has 17 heavy (non-hydrogen) atoms. The molecule has 96 valence electrons. The van der Waals surface area contributed by atoms with E-state index in [2.05, 4.69) is 17.4 Å². The van der Waals surface area contributed by atoms with Crippen molar-refractivity contribution in [3.8, 4) is 5.75 Å². The summed E-state index contributed by atoms with van der Waals surface area (Å²) in [5.74, 6) is 0.254. The number of alkyl halides is 2. The zero-order valence-corrected chi connectivity index (χ0v) is 9.86. The molecular formula is C11H14F2O3S. The van der Waals surface area contributed by atoms with Gasteiger partial charge < -0.3 is 14.9 Å². The third kappa shape index (κ3) is 4.14. The fourth-order valence-electron chi connectivity index (χ4n) is 1.43. The van der Waals surface area contributed by atoms with Crippen LogP contribution in [0.4, 0.5) is 8.78 Å². The molecule has 0 amide bonds. The third-order valence-electron chi connectivity index (χ3n) is 2.24. The predicted octanol–water partition coefficient (Wildman–Crippen LogP) is 2.00. The molecule has 2 N–H and O–H groups in total. The van der Waals surface area contributed by atoms with E-state index in [1.54, 1.807) is 6.07 Å². The Morgan fingerprint density at radius 2 is 1.88 bits per heavy atom. The van der Waals surface area contributed by atoms with E-state index in [9.17, 15) is 19.0 Å². The molecule has 0 heterocycles. The second-order valence-corrected chi connectivity index (χ2v) is 3.89. The van der Waals surface area contributed by atoms with Gasteiger partial charge in [0.15, 0.2) is 0 Å². The molecule has 3 nitrogen and oxygen atoms in total. The maximum atomic E-state index is 12.1. The van der Waals surface area contributed by atoms with E-state index in [1.165, 1.54) is 18.2 Å². The number of hydrogen-bond acceptors (Lipinski definition) is 4. The molecule has 2 atom stereocenters. The summed E-state index contributed by atoms with van der Waals surface area (Å²) in [4.78, 5) is 0. The van der Waals surface area contributed by atoms with Gasteiger partial charge in [0.2, 0.25) is 0 Å². The van der Waals surface area contributed by atoms with Crippen molar-refractivity contribution < 1.29 is 23.7 Å². The normalized spacial score (nSPS) is 14.7. The summed E-state index contributed by atoms with van der Waals surface area (Å²) in [6.07, 6.45) is -2.07. The highest BCUT2D eigenvalue weighted by Crippen LogP contribution is 2.29. The lowest BCUT2D eigenvalue weighted by Gasteiger charge is -2.20. The molecule has 0 aromatic heterocycles. The van der Waals surface area contributed by atoms with E-state index in [-0.39, 0.29) is 17.7 Å². The zero-order valence-electron chi connectivity index (χ0n) is 8.96. The average molecular weight is 264 g/mol. The molecule has 0 aliphatic rings. The number of thiol groups is 1. The first-order chi connectivity index (χ1) is 8.06. The van der Waals surface area contributed by atoms with Crippen LogP contribution in [0.3, 0.4) is 0 Å². The molecular weight excluding hydrogens is 250 g/mol. The Bertz CT molecular complexity index is 349. The Morgan fingerprint density at radius 1 is 1.24 bits per heavy atom. The minimum Gasteiger partial charge on any atom is -0.434 e. The summed E-state index contributed by atoms with van der Waals surface area (Å²) in [5, 5.41) is 19.4. The zero-order chi connectivity index (χ0) is 12.8. The molecule has 0 radical (unpaired) electrons. The Morgan fingerprint density at radius 3 is 2.47 bits per heavy atom. The molecule has 1 aromatic rings. The molecule has 1 aromatic carbocycles. The molecule has 0 saturated carbocycles. The Hall–Kier alpha value is -0.850. The molecule has 2 unspecified atom stereocenters. The highest BCUT2D eigenvalue weighted by atomic mass is 32.1. The van der Waals surface area contributed by atoms with Gasteiger partial charge in [0.05, 0.1) is 6.10 Å². The lowest BCUT2D eigenvalue weighted by Crippen LogP contribution is -2.20. The number of halogens is 2. The summed E-state index contributed by atoms with van der Waals surface area (Å²) in [5.41, 5.74) is 0.141. The van der Waals surface area contributed by atoms with E-state index in [0.717, 1.165) is 0 Å². The third-order valence-corrected chi connectivity index (χ3v) is 2.50. The number of para-hydroxylation sites is 1. The average Bonchev–Trinajstić information content (AvgIpc) is 2.28. The van der Waals surface area contributed by atoms with Gasteiger partial charge in [0.1, 0.15) is 11.9 Å². The van der Waals surface area contributed by atoms with Crippen molar-refractivity contribution in [2.75, 3.05) is 5.75 Å². The van der Waals surface area contributed by atoms with Gasteiger partial charge in [-0.1, -0.05) is 18.2 Å². The Balaban J connectivity index is 2.88. The highest BCUT2D eigenvalue weighted by Gasteiger charge is 2.22. The fourth-order valence-corrected chi connectivity index (χ4v) is 1.69. The van der Waals surface area contributed by atoms with Crippen molar-refractivity contribution in [2.24, 2.45) is 0 Å².